The molecule has 0 unspecified atom stereocenters. The summed E-state index contributed by atoms with van der Waals surface area (Å²) in [4.78, 5) is 21.1. The first-order chi connectivity index (χ1) is 11.8. The molecule has 2 atom stereocenters. The Bertz CT molecular complexity index is 798. The van der Waals surface area contributed by atoms with Crippen LogP contribution in [0.2, 0.25) is 0 Å². The Morgan fingerprint density at radius 3 is 2.72 bits per heavy atom. The van der Waals surface area contributed by atoms with Crippen molar-refractivity contribution in [3.63, 3.8) is 0 Å². The number of likely N-dealkylation sites (tertiary alicyclic amines) is 1. The van der Waals surface area contributed by atoms with Crippen molar-refractivity contribution in [1.82, 2.24) is 24.6 Å². The van der Waals surface area contributed by atoms with Gasteiger partial charge in [-0.25, -0.2) is 9.67 Å². The second-order valence-corrected chi connectivity index (χ2v) is 7.30. The minimum Gasteiger partial charge on any atom is -0.466 e. The first-order valence-corrected chi connectivity index (χ1v) is 8.66. The third-order valence-electron chi connectivity index (χ3n) is 5.01. The largest absolute Gasteiger partial charge is 0.466 e. The zero-order valence-electron chi connectivity index (χ0n) is 15.9. The average molecular weight is 345 g/mol. The molecule has 3 rings (SSSR count). The van der Waals surface area contributed by atoms with E-state index in [1.54, 1.807) is 4.68 Å². The molecule has 25 heavy (non-hydrogen) atoms. The summed E-state index contributed by atoms with van der Waals surface area (Å²) in [7, 11) is 5.96. The first-order valence-electron chi connectivity index (χ1n) is 8.66. The second kappa shape index (κ2) is 6.63. The number of aromatic nitrogens is 3. The maximum absolute atomic E-state index is 12.5. The summed E-state index contributed by atoms with van der Waals surface area (Å²) < 4.78 is 7.49. The van der Waals surface area contributed by atoms with Crippen molar-refractivity contribution in [3.8, 4) is 5.88 Å². The second-order valence-electron chi connectivity index (χ2n) is 7.30. The smallest absolute Gasteiger partial charge is 0.260 e. The Balaban J connectivity index is 1.72. The van der Waals surface area contributed by atoms with Gasteiger partial charge in [-0.3, -0.25) is 4.79 Å². The van der Waals surface area contributed by atoms with Gasteiger partial charge in [0.2, 0.25) is 5.88 Å². The Morgan fingerprint density at radius 2 is 2.08 bits per heavy atom. The number of carbonyl (C=O) groups excluding carboxylic acids is 1. The van der Waals surface area contributed by atoms with E-state index in [-0.39, 0.29) is 12.5 Å². The molecule has 1 aliphatic heterocycles. The lowest BCUT2D eigenvalue weighted by Gasteiger charge is -2.22. The van der Waals surface area contributed by atoms with Gasteiger partial charge in [-0.05, 0) is 45.5 Å². The summed E-state index contributed by atoms with van der Waals surface area (Å²) in [6.07, 6.45) is 0. The highest BCUT2D eigenvalue weighted by atomic mass is 16.5. The van der Waals surface area contributed by atoms with E-state index >= 15 is 0 Å². The lowest BCUT2D eigenvalue weighted by molar-refractivity contribution is -0.132. The molecule has 0 radical (unpaired) electrons. The van der Waals surface area contributed by atoms with E-state index in [4.69, 9.17) is 4.74 Å². The van der Waals surface area contributed by atoms with E-state index in [0.717, 1.165) is 35.4 Å². The van der Waals surface area contributed by atoms with Gasteiger partial charge in [-0.2, -0.15) is 0 Å². The third kappa shape index (κ3) is 3.33. The van der Waals surface area contributed by atoms with E-state index < -0.39 is 0 Å². The summed E-state index contributed by atoms with van der Waals surface area (Å²) in [5, 5.41) is 5.28. The molecule has 136 valence electrons. The molecule has 1 amide bonds. The van der Waals surface area contributed by atoms with Crippen molar-refractivity contribution in [2.75, 3.05) is 33.8 Å². The summed E-state index contributed by atoms with van der Waals surface area (Å²) in [6, 6.07) is 2.40. The van der Waals surface area contributed by atoms with E-state index in [1.165, 1.54) is 0 Å². The molecule has 3 heterocycles. The Labute approximate surface area is 148 Å². The predicted molar refractivity (Wildman–Crippen MR) is 96.7 cm³/mol. The zero-order chi connectivity index (χ0) is 18.3. The molecule has 7 heteroatoms. The molecule has 0 spiro atoms. The molecule has 0 saturated carbocycles. The molecule has 0 aliphatic carbocycles. The van der Waals surface area contributed by atoms with Crippen molar-refractivity contribution < 1.29 is 9.53 Å². The fraction of sp³-hybridized carbons (Fsp3) is 0.611. The van der Waals surface area contributed by atoms with E-state index in [2.05, 4.69) is 36.0 Å². The molecule has 1 aliphatic rings. The zero-order valence-corrected chi connectivity index (χ0v) is 15.9. The van der Waals surface area contributed by atoms with Crippen LogP contribution in [0, 0.1) is 19.8 Å². The lowest BCUT2D eigenvalue weighted by Crippen LogP contribution is -2.37. The summed E-state index contributed by atoms with van der Waals surface area (Å²) >= 11 is 0. The molecule has 2 aromatic rings. The number of likely N-dealkylation sites (N-methyl/N-ethyl adjacent to an activating group) is 1. The van der Waals surface area contributed by atoms with Gasteiger partial charge < -0.3 is 14.5 Å². The van der Waals surface area contributed by atoms with Crippen LogP contribution in [0.15, 0.2) is 6.07 Å². The quantitative estimate of drug-likeness (QED) is 0.837. The van der Waals surface area contributed by atoms with Crippen molar-refractivity contribution in [2.45, 2.75) is 26.8 Å². The number of carbonyl (C=O) groups is 1. The number of ether oxygens (including phenoxy) is 1. The van der Waals surface area contributed by atoms with Crippen LogP contribution < -0.4 is 4.74 Å². The monoisotopic (exact) mass is 345 g/mol. The Hall–Kier alpha value is -2.15. The average Bonchev–Trinajstić information content (AvgIpc) is 3.06. The number of pyridine rings is 1. The lowest BCUT2D eigenvalue weighted by atomic mass is 10.1. The third-order valence-corrected chi connectivity index (χ3v) is 5.01. The number of nitrogens with zero attached hydrogens (tertiary/aromatic N) is 5. The highest BCUT2D eigenvalue weighted by molar-refractivity contribution is 5.85. The summed E-state index contributed by atoms with van der Waals surface area (Å²) in [5.74, 6) is 0.948. The van der Waals surface area contributed by atoms with Gasteiger partial charge in [-0.1, -0.05) is 6.92 Å². The van der Waals surface area contributed by atoms with Crippen LogP contribution in [0.4, 0.5) is 0 Å². The molecule has 0 aromatic carbocycles. The van der Waals surface area contributed by atoms with Gasteiger partial charge >= 0.3 is 0 Å². The molecule has 0 N–H and O–H groups in total. The van der Waals surface area contributed by atoms with Gasteiger partial charge in [0.25, 0.3) is 5.91 Å². The Morgan fingerprint density at radius 1 is 1.36 bits per heavy atom. The van der Waals surface area contributed by atoms with Crippen LogP contribution in [0.1, 0.15) is 18.2 Å². The van der Waals surface area contributed by atoms with E-state index in [1.807, 2.05) is 31.9 Å². The highest BCUT2D eigenvalue weighted by Gasteiger charge is 2.33. The van der Waals surface area contributed by atoms with Crippen molar-refractivity contribution in [2.24, 2.45) is 13.0 Å². The number of rotatable bonds is 4. The van der Waals surface area contributed by atoms with Crippen LogP contribution in [-0.4, -0.2) is 70.3 Å². The van der Waals surface area contributed by atoms with Crippen LogP contribution in [0.25, 0.3) is 11.0 Å². The molecular weight excluding hydrogens is 318 g/mol. The first kappa shape index (κ1) is 17.7. The number of hydrogen-bond donors (Lipinski definition) is 0. The number of amides is 1. The van der Waals surface area contributed by atoms with Crippen LogP contribution >= 0.6 is 0 Å². The van der Waals surface area contributed by atoms with Crippen molar-refractivity contribution in [1.29, 1.82) is 0 Å². The molecule has 0 bridgehead atoms. The van der Waals surface area contributed by atoms with Gasteiger partial charge in [0.05, 0.1) is 5.39 Å². The molecular formula is C18H27N5O2. The predicted octanol–water partition coefficient (Wildman–Crippen LogP) is 1.37. The molecule has 2 aromatic heterocycles. The number of hydrogen-bond acceptors (Lipinski definition) is 5. The summed E-state index contributed by atoms with van der Waals surface area (Å²) in [6.45, 7) is 7.68. The van der Waals surface area contributed by atoms with Crippen molar-refractivity contribution in [3.05, 3.63) is 17.3 Å². The van der Waals surface area contributed by atoms with Crippen LogP contribution in [-0.2, 0) is 11.8 Å². The minimum absolute atomic E-state index is 0.00625. The number of aryl methyl sites for hydroxylation is 3. The van der Waals surface area contributed by atoms with E-state index in [9.17, 15) is 4.79 Å². The van der Waals surface area contributed by atoms with Gasteiger partial charge in [0.1, 0.15) is 0 Å². The van der Waals surface area contributed by atoms with Crippen molar-refractivity contribution >= 4 is 16.9 Å². The summed E-state index contributed by atoms with van der Waals surface area (Å²) in [5.41, 5.74) is 2.78. The standard InChI is InChI=1S/C18H27N5O2/c1-11-7-13(3)19-17-16(11)18(20-22(17)6)25-10-15(24)23-8-12(2)14(9-23)21(4)5/h7,12,14H,8-10H2,1-6H3/t12-,14+/m1/s1. The van der Waals surface area contributed by atoms with Crippen LogP contribution in [0.5, 0.6) is 5.88 Å². The van der Waals surface area contributed by atoms with Gasteiger partial charge in [-0.15, -0.1) is 5.10 Å². The van der Waals surface area contributed by atoms with E-state index in [0.29, 0.717) is 17.8 Å². The normalized spacial score (nSPS) is 20.7. The fourth-order valence-corrected chi connectivity index (χ4v) is 3.70. The topological polar surface area (TPSA) is 63.5 Å². The van der Waals surface area contributed by atoms with Gasteiger partial charge in [0.15, 0.2) is 12.3 Å². The maximum Gasteiger partial charge on any atom is 0.260 e. The maximum atomic E-state index is 12.5. The molecule has 7 nitrogen and oxygen atoms in total. The highest BCUT2D eigenvalue weighted by Crippen LogP contribution is 2.27. The van der Waals surface area contributed by atoms with Crippen LogP contribution in [0.3, 0.4) is 0 Å². The SMILES string of the molecule is Cc1cc(C)c2c(OCC(=O)N3C[C@@H](C)[C@@H](N(C)C)C3)nn(C)c2n1. The Kier molecular flexibility index (Phi) is 4.69. The molecule has 1 fully saturated rings. The van der Waals surface area contributed by atoms with Gasteiger partial charge in [0, 0.05) is 31.9 Å². The number of fused-ring (bicyclic) bond motifs is 1. The fourth-order valence-electron chi connectivity index (χ4n) is 3.70. The minimum atomic E-state index is 0.00625. The molecule has 1 saturated heterocycles.